The molecule has 0 radical (unpaired) electrons. The predicted molar refractivity (Wildman–Crippen MR) is 78.9 cm³/mol. The molecule has 1 N–H and O–H groups in total. The molecule has 1 aromatic carbocycles. The summed E-state index contributed by atoms with van der Waals surface area (Å²) >= 11 is 0. The van der Waals surface area contributed by atoms with E-state index in [4.69, 9.17) is 4.74 Å². The summed E-state index contributed by atoms with van der Waals surface area (Å²) in [4.78, 5) is 0. The topological polar surface area (TPSA) is 39.1 Å². The Kier molecular flexibility index (Phi) is 3.74. The first-order valence-corrected chi connectivity index (χ1v) is 7.21. The summed E-state index contributed by atoms with van der Waals surface area (Å²) in [5.41, 5.74) is 2.65. The van der Waals surface area contributed by atoms with E-state index in [1.807, 2.05) is 23.1 Å². The summed E-state index contributed by atoms with van der Waals surface area (Å²) in [6, 6.07) is 9.16. The van der Waals surface area contributed by atoms with Crippen molar-refractivity contribution < 1.29 is 4.74 Å². The molecular formula is C16H21N3O. The highest BCUT2D eigenvalue weighted by atomic mass is 16.5. The number of nitrogens with zero attached hydrogens (tertiary/aromatic N) is 2. The van der Waals surface area contributed by atoms with E-state index in [1.54, 1.807) is 0 Å². The fraction of sp³-hybridized carbons (Fsp3) is 0.438. The normalized spacial score (nSPS) is 16.5. The number of nitrogens with one attached hydrogen (secondary N) is 1. The SMILES string of the molecule is CC(Cn1cccn1)NC(C)c1ccc2c(c1)CCO2. The van der Waals surface area contributed by atoms with Crippen molar-refractivity contribution in [3.8, 4) is 5.75 Å². The molecule has 0 saturated heterocycles. The van der Waals surface area contributed by atoms with Crippen molar-refractivity contribution in [2.75, 3.05) is 6.61 Å². The van der Waals surface area contributed by atoms with Crippen LogP contribution in [-0.4, -0.2) is 22.4 Å². The molecule has 0 bridgehead atoms. The fourth-order valence-corrected chi connectivity index (χ4v) is 2.74. The van der Waals surface area contributed by atoms with Gasteiger partial charge in [0.15, 0.2) is 0 Å². The number of hydrogen-bond donors (Lipinski definition) is 1. The van der Waals surface area contributed by atoms with Crippen molar-refractivity contribution in [1.29, 1.82) is 0 Å². The minimum atomic E-state index is 0.325. The predicted octanol–water partition coefficient (Wildman–Crippen LogP) is 2.56. The van der Waals surface area contributed by atoms with Crippen LogP contribution in [-0.2, 0) is 13.0 Å². The van der Waals surface area contributed by atoms with Crippen LogP contribution in [0.25, 0.3) is 0 Å². The summed E-state index contributed by atoms with van der Waals surface area (Å²) < 4.78 is 7.51. The summed E-state index contributed by atoms with van der Waals surface area (Å²) in [6.07, 6.45) is 4.84. The first-order chi connectivity index (χ1) is 9.72. The summed E-state index contributed by atoms with van der Waals surface area (Å²) in [6.45, 7) is 6.09. The number of fused-ring (bicyclic) bond motifs is 1. The molecule has 0 fully saturated rings. The van der Waals surface area contributed by atoms with E-state index in [9.17, 15) is 0 Å². The highest BCUT2D eigenvalue weighted by Gasteiger charge is 2.15. The summed E-state index contributed by atoms with van der Waals surface area (Å²) in [7, 11) is 0. The van der Waals surface area contributed by atoms with Crippen LogP contribution < -0.4 is 10.1 Å². The Bertz CT molecular complexity index is 565. The lowest BCUT2D eigenvalue weighted by Crippen LogP contribution is -2.32. The zero-order chi connectivity index (χ0) is 13.9. The van der Waals surface area contributed by atoms with Gasteiger partial charge in [0.2, 0.25) is 0 Å². The van der Waals surface area contributed by atoms with Crippen molar-refractivity contribution in [2.24, 2.45) is 0 Å². The summed E-state index contributed by atoms with van der Waals surface area (Å²) in [5.74, 6) is 1.05. The van der Waals surface area contributed by atoms with Crippen LogP contribution in [0, 0.1) is 0 Å². The van der Waals surface area contributed by atoms with Crippen LogP contribution in [0.3, 0.4) is 0 Å². The molecule has 2 aromatic rings. The average molecular weight is 271 g/mol. The minimum Gasteiger partial charge on any atom is -0.493 e. The highest BCUT2D eigenvalue weighted by molar-refractivity contribution is 5.40. The molecule has 0 saturated carbocycles. The van der Waals surface area contributed by atoms with Crippen molar-refractivity contribution in [3.63, 3.8) is 0 Å². The smallest absolute Gasteiger partial charge is 0.122 e. The van der Waals surface area contributed by atoms with Gasteiger partial charge in [-0.2, -0.15) is 5.10 Å². The van der Waals surface area contributed by atoms with Gasteiger partial charge in [0.25, 0.3) is 0 Å². The third-order valence-electron chi connectivity index (χ3n) is 3.77. The molecular weight excluding hydrogens is 250 g/mol. The van der Waals surface area contributed by atoms with E-state index in [1.165, 1.54) is 11.1 Å². The Hall–Kier alpha value is -1.81. The van der Waals surface area contributed by atoms with Gasteiger partial charge in [0.05, 0.1) is 13.2 Å². The van der Waals surface area contributed by atoms with Crippen LogP contribution in [0.2, 0.25) is 0 Å². The lowest BCUT2D eigenvalue weighted by atomic mass is 10.0. The molecule has 1 aliphatic rings. The van der Waals surface area contributed by atoms with Crippen LogP contribution >= 0.6 is 0 Å². The van der Waals surface area contributed by atoms with Gasteiger partial charge in [-0.3, -0.25) is 4.68 Å². The van der Waals surface area contributed by atoms with E-state index >= 15 is 0 Å². The quantitative estimate of drug-likeness (QED) is 0.908. The van der Waals surface area contributed by atoms with Crippen LogP contribution in [0.4, 0.5) is 0 Å². The maximum atomic E-state index is 5.55. The van der Waals surface area contributed by atoms with Crippen molar-refractivity contribution in [1.82, 2.24) is 15.1 Å². The molecule has 4 heteroatoms. The van der Waals surface area contributed by atoms with E-state index in [0.29, 0.717) is 12.1 Å². The second kappa shape index (κ2) is 5.67. The Balaban J connectivity index is 1.62. The lowest BCUT2D eigenvalue weighted by molar-refractivity contribution is 0.356. The van der Waals surface area contributed by atoms with Crippen LogP contribution in [0.1, 0.15) is 31.0 Å². The molecule has 2 heterocycles. The van der Waals surface area contributed by atoms with Gasteiger partial charge in [0, 0.05) is 30.9 Å². The van der Waals surface area contributed by atoms with Gasteiger partial charge < -0.3 is 10.1 Å². The molecule has 106 valence electrons. The minimum absolute atomic E-state index is 0.325. The van der Waals surface area contributed by atoms with Crippen LogP contribution in [0.5, 0.6) is 5.75 Å². The zero-order valence-corrected chi connectivity index (χ0v) is 12.0. The summed E-state index contributed by atoms with van der Waals surface area (Å²) in [5, 5.41) is 7.87. The number of benzene rings is 1. The second-order valence-electron chi connectivity index (χ2n) is 5.48. The number of hydrogen-bond acceptors (Lipinski definition) is 3. The molecule has 1 aliphatic heterocycles. The van der Waals surface area contributed by atoms with Gasteiger partial charge in [-0.25, -0.2) is 0 Å². The molecule has 0 spiro atoms. The van der Waals surface area contributed by atoms with Crippen molar-refractivity contribution in [2.45, 2.75) is 38.9 Å². The standard InChI is InChI=1S/C16H21N3O/c1-12(11-19-8-3-7-17-19)18-13(2)14-4-5-16-15(10-14)6-9-20-16/h3-5,7-8,10,12-13,18H,6,9,11H2,1-2H3. The molecule has 1 aromatic heterocycles. The number of rotatable bonds is 5. The molecule has 20 heavy (non-hydrogen) atoms. The number of aromatic nitrogens is 2. The zero-order valence-electron chi connectivity index (χ0n) is 12.0. The fourth-order valence-electron chi connectivity index (χ4n) is 2.74. The van der Waals surface area contributed by atoms with Crippen LogP contribution in [0.15, 0.2) is 36.7 Å². The van der Waals surface area contributed by atoms with Gasteiger partial charge in [-0.05, 0) is 37.1 Å². The van der Waals surface area contributed by atoms with E-state index in [-0.39, 0.29) is 0 Å². The van der Waals surface area contributed by atoms with Crippen molar-refractivity contribution in [3.05, 3.63) is 47.8 Å². The van der Waals surface area contributed by atoms with Gasteiger partial charge >= 0.3 is 0 Å². The average Bonchev–Trinajstić information content (AvgIpc) is 3.07. The third kappa shape index (κ3) is 2.85. The first-order valence-electron chi connectivity index (χ1n) is 7.21. The molecule has 2 atom stereocenters. The first kappa shape index (κ1) is 13.2. The van der Waals surface area contributed by atoms with E-state index in [0.717, 1.165) is 25.3 Å². The molecule has 0 amide bonds. The van der Waals surface area contributed by atoms with E-state index < -0.39 is 0 Å². The number of ether oxygens (including phenoxy) is 1. The van der Waals surface area contributed by atoms with Gasteiger partial charge in [0.1, 0.15) is 5.75 Å². The Morgan fingerprint density at radius 3 is 3.10 bits per heavy atom. The molecule has 4 nitrogen and oxygen atoms in total. The lowest BCUT2D eigenvalue weighted by Gasteiger charge is -2.21. The Morgan fingerprint density at radius 1 is 1.40 bits per heavy atom. The van der Waals surface area contributed by atoms with Gasteiger partial charge in [-0.15, -0.1) is 0 Å². The molecule has 0 aliphatic carbocycles. The Morgan fingerprint density at radius 2 is 2.30 bits per heavy atom. The Labute approximate surface area is 119 Å². The molecule has 3 rings (SSSR count). The maximum Gasteiger partial charge on any atom is 0.122 e. The third-order valence-corrected chi connectivity index (χ3v) is 3.77. The molecule has 2 unspecified atom stereocenters. The van der Waals surface area contributed by atoms with Crippen molar-refractivity contribution >= 4 is 0 Å². The monoisotopic (exact) mass is 271 g/mol. The second-order valence-corrected chi connectivity index (χ2v) is 5.48. The van der Waals surface area contributed by atoms with Gasteiger partial charge in [-0.1, -0.05) is 12.1 Å². The van der Waals surface area contributed by atoms with E-state index in [2.05, 4.69) is 42.5 Å². The largest absolute Gasteiger partial charge is 0.493 e. The highest BCUT2D eigenvalue weighted by Crippen LogP contribution is 2.28. The maximum absolute atomic E-state index is 5.55.